The van der Waals surface area contributed by atoms with Crippen LogP contribution in [0.1, 0.15) is 28.4 Å². The van der Waals surface area contributed by atoms with Crippen molar-refractivity contribution in [2.24, 2.45) is 0 Å². The molecule has 0 atom stereocenters. The number of ketones is 1. The summed E-state index contributed by atoms with van der Waals surface area (Å²) in [5.41, 5.74) is 2.40. The van der Waals surface area contributed by atoms with Gasteiger partial charge < -0.3 is 0 Å². The summed E-state index contributed by atoms with van der Waals surface area (Å²) in [6.07, 6.45) is 0. The predicted molar refractivity (Wildman–Crippen MR) is 83.8 cm³/mol. The third-order valence-corrected chi connectivity index (χ3v) is 4.10. The van der Waals surface area contributed by atoms with E-state index in [4.69, 9.17) is 0 Å². The molecule has 0 N–H and O–H groups in total. The smallest absolute Gasteiger partial charge is 0.280 e. The van der Waals surface area contributed by atoms with Crippen LogP contribution in [-0.2, 0) is 5.75 Å². The van der Waals surface area contributed by atoms with Gasteiger partial charge in [0.1, 0.15) is 0 Å². The van der Waals surface area contributed by atoms with Gasteiger partial charge >= 0.3 is 0 Å². The number of nitrogens with zero attached hydrogens (tertiary/aromatic N) is 1. The van der Waals surface area contributed by atoms with Crippen LogP contribution < -0.4 is 0 Å². The van der Waals surface area contributed by atoms with E-state index in [1.165, 1.54) is 24.1 Å². The normalized spacial score (nSPS) is 10.4. The lowest BCUT2D eigenvalue weighted by molar-refractivity contribution is -0.385. The van der Waals surface area contributed by atoms with E-state index in [1.54, 1.807) is 23.9 Å². The SMILES string of the molecule is CC(=O)c1cc(SCc2cccc(C)c2)ccc1[N+](=O)[O-]. The van der Waals surface area contributed by atoms with E-state index < -0.39 is 4.92 Å². The van der Waals surface area contributed by atoms with Crippen molar-refractivity contribution in [3.8, 4) is 0 Å². The highest BCUT2D eigenvalue weighted by molar-refractivity contribution is 7.98. The largest absolute Gasteiger partial charge is 0.294 e. The lowest BCUT2D eigenvalue weighted by atomic mass is 10.1. The highest BCUT2D eigenvalue weighted by Crippen LogP contribution is 2.28. The molecular weight excluding hydrogens is 286 g/mol. The second kappa shape index (κ2) is 6.54. The van der Waals surface area contributed by atoms with Gasteiger partial charge in [0.15, 0.2) is 5.78 Å². The Bertz CT molecular complexity index is 698. The maximum atomic E-state index is 11.5. The van der Waals surface area contributed by atoms with Gasteiger partial charge in [-0.3, -0.25) is 14.9 Å². The highest BCUT2D eigenvalue weighted by atomic mass is 32.2. The molecule has 0 saturated carbocycles. The van der Waals surface area contributed by atoms with Crippen molar-refractivity contribution in [1.29, 1.82) is 0 Å². The minimum atomic E-state index is -0.522. The van der Waals surface area contributed by atoms with Gasteiger partial charge in [0.05, 0.1) is 10.5 Å². The van der Waals surface area contributed by atoms with E-state index in [-0.39, 0.29) is 17.0 Å². The molecule has 2 aromatic rings. The average Bonchev–Trinajstić information content (AvgIpc) is 2.44. The summed E-state index contributed by atoms with van der Waals surface area (Å²) in [5, 5.41) is 10.9. The number of thioether (sulfide) groups is 1. The Morgan fingerprint density at radius 1 is 1.24 bits per heavy atom. The summed E-state index contributed by atoms with van der Waals surface area (Å²) in [6, 6.07) is 12.9. The minimum Gasteiger partial charge on any atom is -0.294 e. The van der Waals surface area contributed by atoms with Gasteiger partial charge in [-0.1, -0.05) is 29.8 Å². The van der Waals surface area contributed by atoms with Crippen LogP contribution in [-0.4, -0.2) is 10.7 Å². The lowest BCUT2D eigenvalue weighted by Gasteiger charge is -2.05. The number of hydrogen-bond donors (Lipinski definition) is 0. The topological polar surface area (TPSA) is 60.2 Å². The molecule has 0 heterocycles. The molecule has 2 aromatic carbocycles. The predicted octanol–water partition coefficient (Wildman–Crippen LogP) is 4.40. The molecule has 0 spiro atoms. The van der Waals surface area contributed by atoms with Gasteiger partial charge in [0.2, 0.25) is 0 Å². The number of carbonyl (C=O) groups is 1. The Kier molecular flexibility index (Phi) is 4.75. The molecule has 0 amide bonds. The van der Waals surface area contributed by atoms with Gasteiger partial charge in [-0.25, -0.2) is 0 Å². The third kappa shape index (κ3) is 3.92. The Labute approximate surface area is 127 Å². The summed E-state index contributed by atoms with van der Waals surface area (Å²) in [4.78, 5) is 22.8. The molecule has 108 valence electrons. The van der Waals surface area contributed by atoms with Gasteiger partial charge in [-0.2, -0.15) is 0 Å². The number of carbonyl (C=O) groups excluding carboxylic acids is 1. The molecule has 0 aromatic heterocycles. The first kappa shape index (κ1) is 15.3. The fourth-order valence-electron chi connectivity index (χ4n) is 2.01. The number of aryl methyl sites for hydroxylation is 1. The quantitative estimate of drug-likeness (QED) is 0.355. The van der Waals surface area contributed by atoms with E-state index >= 15 is 0 Å². The number of Topliss-reactive ketones (excluding diaryl/α,β-unsaturated/α-hetero) is 1. The summed E-state index contributed by atoms with van der Waals surface area (Å²) in [7, 11) is 0. The summed E-state index contributed by atoms with van der Waals surface area (Å²) in [6.45, 7) is 3.38. The Balaban J connectivity index is 2.19. The maximum Gasteiger partial charge on any atom is 0.280 e. The molecule has 0 aliphatic rings. The van der Waals surface area contributed by atoms with Crippen LogP contribution >= 0.6 is 11.8 Å². The van der Waals surface area contributed by atoms with Crippen molar-refractivity contribution in [2.75, 3.05) is 0 Å². The van der Waals surface area contributed by atoms with Gasteiger partial charge in [0.25, 0.3) is 5.69 Å². The van der Waals surface area contributed by atoms with E-state index in [0.717, 1.165) is 10.6 Å². The zero-order chi connectivity index (χ0) is 15.4. The summed E-state index contributed by atoms with van der Waals surface area (Å²) < 4.78 is 0. The molecular formula is C16H15NO3S. The van der Waals surface area contributed by atoms with Crippen LogP contribution in [0.5, 0.6) is 0 Å². The summed E-state index contributed by atoms with van der Waals surface area (Å²) in [5.74, 6) is 0.469. The van der Waals surface area contributed by atoms with Crippen molar-refractivity contribution in [3.63, 3.8) is 0 Å². The van der Waals surface area contributed by atoms with Crippen LogP contribution in [0.4, 0.5) is 5.69 Å². The van der Waals surface area contributed by atoms with Crippen molar-refractivity contribution >= 4 is 23.2 Å². The van der Waals surface area contributed by atoms with Crippen LogP contribution in [0.3, 0.4) is 0 Å². The molecule has 0 saturated heterocycles. The molecule has 0 radical (unpaired) electrons. The number of nitro benzene ring substituents is 1. The molecule has 5 heteroatoms. The fraction of sp³-hybridized carbons (Fsp3) is 0.188. The molecule has 0 bridgehead atoms. The zero-order valence-corrected chi connectivity index (χ0v) is 12.6. The lowest BCUT2D eigenvalue weighted by Crippen LogP contribution is -2.00. The number of hydrogen-bond acceptors (Lipinski definition) is 4. The number of rotatable bonds is 5. The highest BCUT2D eigenvalue weighted by Gasteiger charge is 2.17. The van der Waals surface area contributed by atoms with Crippen molar-refractivity contribution in [1.82, 2.24) is 0 Å². The molecule has 0 aliphatic heterocycles. The third-order valence-electron chi connectivity index (χ3n) is 3.03. The first-order chi connectivity index (χ1) is 9.97. The standard InChI is InChI=1S/C16H15NO3S/c1-11-4-3-5-13(8-11)10-21-14-6-7-16(17(19)20)15(9-14)12(2)18/h3-9H,10H2,1-2H3. The second-order valence-corrected chi connectivity index (χ2v) is 5.82. The first-order valence-electron chi connectivity index (χ1n) is 6.45. The second-order valence-electron chi connectivity index (χ2n) is 4.77. The van der Waals surface area contributed by atoms with Crippen molar-refractivity contribution in [3.05, 3.63) is 69.3 Å². The van der Waals surface area contributed by atoms with E-state index in [9.17, 15) is 14.9 Å². The van der Waals surface area contributed by atoms with E-state index in [2.05, 4.69) is 6.07 Å². The first-order valence-corrected chi connectivity index (χ1v) is 7.43. The number of nitro groups is 1. The molecule has 21 heavy (non-hydrogen) atoms. The molecule has 0 unspecified atom stereocenters. The fourth-order valence-corrected chi connectivity index (χ4v) is 2.89. The molecule has 0 fully saturated rings. The van der Waals surface area contributed by atoms with Crippen molar-refractivity contribution in [2.45, 2.75) is 24.5 Å². The van der Waals surface area contributed by atoms with Gasteiger partial charge in [0, 0.05) is 16.7 Å². The van der Waals surface area contributed by atoms with Crippen LogP contribution in [0.15, 0.2) is 47.4 Å². The van der Waals surface area contributed by atoms with Crippen molar-refractivity contribution < 1.29 is 9.72 Å². The van der Waals surface area contributed by atoms with E-state index in [0.29, 0.717) is 0 Å². The monoisotopic (exact) mass is 301 g/mol. The average molecular weight is 301 g/mol. The summed E-state index contributed by atoms with van der Waals surface area (Å²) >= 11 is 1.56. The van der Waals surface area contributed by atoms with E-state index in [1.807, 2.05) is 25.1 Å². The van der Waals surface area contributed by atoms with Crippen LogP contribution in [0.25, 0.3) is 0 Å². The van der Waals surface area contributed by atoms with Gasteiger partial charge in [-0.15, -0.1) is 11.8 Å². The molecule has 4 nitrogen and oxygen atoms in total. The number of benzene rings is 2. The Morgan fingerprint density at radius 3 is 2.62 bits per heavy atom. The van der Waals surface area contributed by atoms with Gasteiger partial charge in [-0.05, 0) is 31.5 Å². The molecule has 2 rings (SSSR count). The molecule has 0 aliphatic carbocycles. The zero-order valence-electron chi connectivity index (χ0n) is 11.8. The Hall–Kier alpha value is -2.14. The van der Waals surface area contributed by atoms with Crippen LogP contribution in [0.2, 0.25) is 0 Å². The van der Waals surface area contributed by atoms with Crippen LogP contribution in [0, 0.1) is 17.0 Å². The maximum absolute atomic E-state index is 11.5. The Morgan fingerprint density at radius 2 is 2.00 bits per heavy atom. The minimum absolute atomic E-state index is 0.137.